The highest BCUT2D eigenvalue weighted by Crippen LogP contribution is 2.39. The Labute approximate surface area is 126 Å². The van der Waals surface area contributed by atoms with E-state index in [1.807, 2.05) is 13.8 Å². The molecule has 0 amide bonds. The summed E-state index contributed by atoms with van der Waals surface area (Å²) in [4.78, 5) is 13.7. The SMILES string of the molecule is CCN(CCN)[C@H]1CN[C@H](C(=O)O)[C@]1(C)CCCB(O)O. The molecule has 1 aliphatic rings. The Kier molecular flexibility index (Phi) is 7.09. The molecule has 0 aromatic rings. The number of aliphatic carboxylic acids is 1. The van der Waals surface area contributed by atoms with Gasteiger partial charge in [-0.05, 0) is 19.3 Å². The number of nitrogens with zero attached hydrogens (tertiary/aromatic N) is 1. The number of hydrogen-bond donors (Lipinski definition) is 5. The largest absolute Gasteiger partial charge is 0.480 e. The van der Waals surface area contributed by atoms with Crippen molar-refractivity contribution in [2.45, 2.75) is 45.1 Å². The number of hydrogen-bond acceptors (Lipinski definition) is 6. The average Bonchev–Trinajstić information content (AvgIpc) is 2.73. The van der Waals surface area contributed by atoms with Crippen molar-refractivity contribution in [3.63, 3.8) is 0 Å². The van der Waals surface area contributed by atoms with Gasteiger partial charge in [-0.3, -0.25) is 9.69 Å². The van der Waals surface area contributed by atoms with Gasteiger partial charge in [-0.2, -0.15) is 0 Å². The van der Waals surface area contributed by atoms with Gasteiger partial charge in [-0.15, -0.1) is 0 Å². The zero-order chi connectivity index (χ0) is 16.0. The number of carbonyl (C=O) groups is 1. The predicted molar refractivity (Wildman–Crippen MR) is 81.9 cm³/mol. The van der Waals surface area contributed by atoms with Crippen LogP contribution in [0.15, 0.2) is 0 Å². The van der Waals surface area contributed by atoms with E-state index in [1.54, 1.807) is 0 Å². The third-order valence-corrected chi connectivity index (χ3v) is 4.62. The molecule has 3 atom stereocenters. The van der Waals surface area contributed by atoms with Crippen molar-refractivity contribution in [1.82, 2.24) is 10.2 Å². The Morgan fingerprint density at radius 2 is 2.19 bits per heavy atom. The van der Waals surface area contributed by atoms with Crippen LogP contribution in [0, 0.1) is 5.41 Å². The molecule has 0 saturated carbocycles. The highest BCUT2D eigenvalue weighted by Gasteiger charge is 2.51. The average molecular weight is 301 g/mol. The quantitative estimate of drug-likeness (QED) is 0.345. The summed E-state index contributed by atoms with van der Waals surface area (Å²) in [5.74, 6) is -0.853. The standard InChI is InChI=1S/C13H28BN3O4/c1-3-17(8-7-15)10-9-16-11(12(18)19)13(10,2)5-4-6-14(20)21/h10-11,16,20-21H,3-9,15H2,1-2H3,(H,18,19)/t10-,11+,13+/m0/s1. The van der Waals surface area contributed by atoms with Crippen LogP contribution in [-0.2, 0) is 4.79 Å². The van der Waals surface area contributed by atoms with Crippen LogP contribution in [0.1, 0.15) is 26.7 Å². The van der Waals surface area contributed by atoms with Crippen LogP contribution in [0.2, 0.25) is 6.32 Å². The summed E-state index contributed by atoms with van der Waals surface area (Å²) in [6, 6.07) is -0.534. The maximum atomic E-state index is 11.5. The summed E-state index contributed by atoms with van der Waals surface area (Å²) in [5.41, 5.74) is 5.20. The predicted octanol–water partition coefficient (Wildman–Crippen LogP) is -1.05. The first kappa shape index (κ1) is 18.4. The minimum absolute atomic E-state index is 0.0861. The zero-order valence-electron chi connectivity index (χ0n) is 13.0. The van der Waals surface area contributed by atoms with Crippen molar-refractivity contribution in [2.75, 3.05) is 26.2 Å². The van der Waals surface area contributed by atoms with E-state index in [0.29, 0.717) is 25.9 Å². The van der Waals surface area contributed by atoms with E-state index in [2.05, 4.69) is 10.2 Å². The monoisotopic (exact) mass is 301 g/mol. The van der Waals surface area contributed by atoms with Gasteiger partial charge in [0, 0.05) is 31.1 Å². The van der Waals surface area contributed by atoms with E-state index in [1.165, 1.54) is 0 Å². The number of carboxylic acids is 1. The first-order valence-electron chi connectivity index (χ1n) is 7.63. The Morgan fingerprint density at radius 1 is 1.52 bits per heavy atom. The number of nitrogens with one attached hydrogen (secondary N) is 1. The summed E-state index contributed by atoms with van der Waals surface area (Å²) in [5, 5.41) is 30.5. The molecule has 122 valence electrons. The molecular weight excluding hydrogens is 273 g/mol. The summed E-state index contributed by atoms with van der Waals surface area (Å²) in [6.45, 7) is 6.71. The molecule has 1 saturated heterocycles. The maximum Gasteiger partial charge on any atom is 0.451 e. The minimum atomic E-state index is -1.34. The first-order chi connectivity index (χ1) is 9.86. The molecule has 1 fully saturated rings. The molecule has 7 nitrogen and oxygen atoms in total. The van der Waals surface area contributed by atoms with E-state index in [-0.39, 0.29) is 12.4 Å². The highest BCUT2D eigenvalue weighted by atomic mass is 16.4. The summed E-state index contributed by atoms with van der Waals surface area (Å²) in [7, 11) is -1.34. The van der Waals surface area contributed by atoms with Gasteiger partial charge in [0.05, 0.1) is 0 Å². The lowest BCUT2D eigenvalue weighted by molar-refractivity contribution is -0.142. The zero-order valence-corrected chi connectivity index (χ0v) is 13.0. The first-order valence-corrected chi connectivity index (χ1v) is 7.63. The molecular formula is C13H28BN3O4. The van der Waals surface area contributed by atoms with E-state index in [4.69, 9.17) is 15.8 Å². The van der Waals surface area contributed by atoms with Gasteiger partial charge in [0.1, 0.15) is 6.04 Å². The van der Waals surface area contributed by atoms with Crippen molar-refractivity contribution in [1.29, 1.82) is 0 Å². The number of likely N-dealkylation sites (N-methyl/N-ethyl adjacent to an activating group) is 1. The normalized spacial score (nSPS) is 29.0. The molecule has 0 spiro atoms. The fourth-order valence-corrected chi connectivity index (χ4v) is 3.48. The lowest BCUT2D eigenvalue weighted by atomic mass is 9.71. The molecule has 6 N–H and O–H groups in total. The van der Waals surface area contributed by atoms with E-state index >= 15 is 0 Å². The van der Waals surface area contributed by atoms with Gasteiger partial charge in [-0.25, -0.2) is 0 Å². The van der Waals surface area contributed by atoms with Crippen LogP contribution in [0.4, 0.5) is 0 Å². The van der Waals surface area contributed by atoms with Crippen molar-refractivity contribution in [3.05, 3.63) is 0 Å². The third kappa shape index (κ3) is 4.40. The minimum Gasteiger partial charge on any atom is -0.480 e. The van der Waals surface area contributed by atoms with Gasteiger partial charge >= 0.3 is 13.1 Å². The number of rotatable bonds is 9. The molecule has 0 aromatic carbocycles. The van der Waals surface area contributed by atoms with Gasteiger partial charge in [0.25, 0.3) is 0 Å². The molecule has 0 aliphatic carbocycles. The molecule has 1 heterocycles. The molecule has 1 rings (SSSR count). The van der Waals surface area contributed by atoms with Crippen LogP contribution in [0.3, 0.4) is 0 Å². The Hall–Kier alpha value is -0.665. The highest BCUT2D eigenvalue weighted by molar-refractivity contribution is 6.40. The van der Waals surface area contributed by atoms with E-state index < -0.39 is 24.5 Å². The number of nitrogens with two attached hydrogens (primary N) is 1. The van der Waals surface area contributed by atoms with Crippen molar-refractivity contribution >= 4 is 13.1 Å². The third-order valence-electron chi connectivity index (χ3n) is 4.62. The van der Waals surface area contributed by atoms with E-state index in [9.17, 15) is 9.90 Å². The van der Waals surface area contributed by atoms with Crippen LogP contribution in [-0.4, -0.2) is 71.4 Å². The summed E-state index contributed by atoms with van der Waals surface area (Å²) >= 11 is 0. The Bertz CT molecular complexity index is 345. The van der Waals surface area contributed by atoms with Crippen LogP contribution in [0.25, 0.3) is 0 Å². The fourth-order valence-electron chi connectivity index (χ4n) is 3.48. The molecule has 0 aromatic heterocycles. The molecule has 8 heteroatoms. The van der Waals surface area contributed by atoms with Crippen LogP contribution < -0.4 is 11.1 Å². The fraction of sp³-hybridized carbons (Fsp3) is 0.923. The van der Waals surface area contributed by atoms with Gasteiger partial charge in [-0.1, -0.05) is 20.3 Å². The molecule has 0 radical (unpaired) electrons. The molecule has 1 aliphatic heterocycles. The van der Waals surface area contributed by atoms with Crippen molar-refractivity contribution in [3.8, 4) is 0 Å². The van der Waals surface area contributed by atoms with Gasteiger partial charge in [0.15, 0.2) is 0 Å². The van der Waals surface area contributed by atoms with Crippen LogP contribution in [0.5, 0.6) is 0 Å². The lowest BCUT2D eigenvalue weighted by Gasteiger charge is -2.40. The Balaban J connectivity index is 2.87. The smallest absolute Gasteiger partial charge is 0.451 e. The Morgan fingerprint density at radius 3 is 2.67 bits per heavy atom. The van der Waals surface area contributed by atoms with Gasteiger partial charge in [0.2, 0.25) is 0 Å². The molecule has 0 unspecified atom stereocenters. The summed E-state index contributed by atoms with van der Waals surface area (Å²) < 4.78 is 0. The van der Waals surface area contributed by atoms with Crippen molar-refractivity contribution < 1.29 is 19.9 Å². The van der Waals surface area contributed by atoms with Crippen LogP contribution >= 0.6 is 0 Å². The van der Waals surface area contributed by atoms with E-state index in [0.717, 1.165) is 13.1 Å². The second-order valence-electron chi connectivity index (χ2n) is 5.99. The second-order valence-corrected chi connectivity index (χ2v) is 5.99. The van der Waals surface area contributed by atoms with Crippen molar-refractivity contribution in [2.24, 2.45) is 11.1 Å². The molecule has 0 bridgehead atoms. The maximum absolute atomic E-state index is 11.5. The topological polar surface area (TPSA) is 119 Å². The number of carboxylic acid groups (broad SMARTS) is 1. The lowest BCUT2D eigenvalue weighted by Crippen LogP contribution is -2.51. The summed E-state index contributed by atoms with van der Waals surface area (Å²) in [6.07, 6.45) is 1.47. The molecule has 21 heavy (non-hydrogen) atoms. The second kappa shape index (κ2) is 8.10. The van der Waals surface area contributed by atoms with Gasteiger partial charge < -0.3 is 26.2 Å².